The van der Waals surface area contributed by atoms with E-state index < -0.39 is 52.3 Å². The molecule has 6 N–H and O–H groups in total. The van der Waals surface area contributed by atoms with Gasteiger partial charge in [-0.1, -0.05) is 26.3 Å². The normalized spacial score (nSPS) is 28.8. The number of nitrogens with zero attached hydrogens (tertiary/aromatic N) is 2. The molecule has 4 aliphatic carbocycles. The number of amides is 1. The summed E-state index contributed by atoms with van der Waals surface area (Å²) in [6.07, 6.45) is 4.44. The van der Waals surface area contributed by atoms with Gasteiger partial charge in [0.25, 0.3) is 5.91 Å². The van der Waals surface area contributed by atoms with Crippen molar-refractivity contribution in [3.8, 4) is 5.75 Å². The molecule has 1 aromatic rings. The van der Waals surface area contributed by atoms with E-state index in [9.17, 15) is 30.0 Å². The van der Waals surface area contributed by atoms with Gasteiger partial charge in [0.1, 0.15) is 23.1 Å². The monoisotopic (exact) mass is 555 g/mol. The van der Waals surface area contributed by atoms with Gasteiger partial charge in [-0.15, -0.1) is 0 Å². The van der Waals surface area contributed by atoms with Crippen LogP contribution in [0, 0.1) is 17.7 Å². The Morgan fingerprint density at radius 1 is 1.23 bits per heavy atom. The van der Waals surface area contributed by atoms with Crippen molar-refractivity contribution in [2.24, 2.45) is 17.6 Å². The van der Waals surface area contributed by atoms with E-state index in [0.29, 0.717) is 18.2 Å². The number of primary amides is 1. The van der Waals surface area contributed by atoms with Gasteiger partial charge >= 0.3 is 0 Å². The number of hydrogen-bond acceptors (Lipinski definition) is 8. The third kappa shape index (κ3) is 3.99. The minimum atomic E-state index is -2.28. The van der Waals surface area contributed by atoms with E-state index in [1.807, 2.05) is 6.92 Å². The highest BCUT2D eigenvalue weighted by Crippen LogP contribution is 2.55. The lowest BCUT2D eigenvalue weighted by Gasteiger charge is -2.52. The fraction of sp³-hybridized carbons (Fsp3) is 0.533. The largest absolute Gasteiger partial charge is 0.510 e. The summed E-state index contributed by atoms with van der Waals surface area (Å²) in [5.74, 6) is -5.46. The van der Waals surface area contributed by atoms with Gasteiger partial charge in [-0.05, 0) is 58.3 Å². The number of nitrogens with two attached hydrogens (primary N) is 1. The van der Waals surface area contributed by atoms with Crippen molar-refractivity contribution in [1.82, 2.24) is 9.80 Å². The van der Waals surface area contributed by atoms with Crippen LogP contribution >= 0.6 is 0 Å². The SMILES string of the molecule is C=C1C(C(N)=O)=C(O)[C@@H](N(C)C)C2C[C@@H]3Cc4c(F)c(CN(CC)C5CCCC5)cc(O)c4C(=O)C3=C(O)[C@]12O. The number of benzene rings is 1. The number of phenolic OH excluding ortho intramolecular Hbond substituents is 1. The van der Waals surface area contributed by atoms with Gasteiger partial charge in [0.15, 0.2) is 11.4 Å². The zero-order chi connectivity index (χ0) is 29.3. The number of likely N-dealkylation sites (N-methyl/N-ethyl adjacent to an activating group) is 1. The summed E-state index contributed by atoms with van der Waals surface area (Å²) in [6, 6.07) is 0.697. The number of carbonyl (C=O) groups is 2. The fourth-order valence-corrected chi connectivity index (χ4v) is 7.62. The lowest BCUT2D eigenvalue weighted by atomic mass is 9.57. The molecule has 1 fully saturated rings. The Hall–Kier alpha value is -3.21. The van der Waals surface area contributed by atoms with Crippen LogP contribution in [0.3, 0.4) is 0 Å². The first-order valence-electron chi connectivity index (χ1n) is 13.9. The molecule has 1 amide bonds. The molecule has 1 aromatic carbocycles. The van der Waals surface area contributed by atoms with Gasteiger partial charge in [0.05, 0.1) is 17.2 Å². The number of ketones is 1. The van der Waals surface area contributed by atoms with Crippen LogP contribution in [-0.4, -0.2) is 80.2 Å². The summed E-state index contributed by atoms with van der Waals surface area (Å²) < 4.78 is 16.1. The Bertz CT molecular complexity index is 1360. The third-order valence-electron chi connectivity index (χ3n) is 9.54. The van der Waals surface area contributed by atoms with E-state index in [1.165, 1.54) is 6.07 Å². The molecule has 4 atom stereocenters. The van der Waals surface area contributed by atoms with Crippen molar-refractivity contribution in [3.63, 3.8) is 0 Å². The predicted octanol–water partition coefficient (Wildman–Crippen LogP) is 3.01. The van der Waals surface area contributed by atoms with Crippen LogP contribution in [0.5, 0.6) is 5.75 Å². The highest BCUT2D eigenvalue weighted by molar-refractivity contribution is 6.13. The molecule has 1 saturated carbocycles. The molecule has 0 radical (unpaired) electrons. The van der Waals surface area contributed by atoms with Gasteiger partial charge in [-0.3, -0.25) is 19.4 Å². The Balaban J connectivity index is 1.61. The minimum Gasteiger partial charge on any atom is -0.510 e. The minimum absolute atomic E-state index is 0.00953. The molecular weight excluding hydrogens is 517 g/mol. The molecule has 216 valence electrons. The number of phenols is 1. The third-order valence-corrected chi connectivity index (χ3v) is 9.54. The molecule has 0 heterocycles. The van der Waals surface area contributed by atoms with Crippen molar-refractivity contribution in [3.05, 3.63) is 63.4 Å². The summed E-state index contributed by atoms with van der Waals surface area (Å²) in [5.41, 5.74) is 2.52. The van der Waals surface area contributed by atoms with E-state index in [4.69, 9.17) is 5.73 Å². The number of allylic oxidation sites excluding steroid dienone is 1. The van der Waals surface area contributed by atoms with Crippen molar-refractivity contribution in [2.75, 3.05) is 20.6 Å². The quantitative estimate of drug-likeness (QED) is 0.360. The van der Waals surface area contributed by atoms with Gasteiger partial charge < -0.3 is 26.2 Å². The summed E-state index contributed by atoms with van der Waals surface area (Å²) in [6.45, 7) is 6.83. The Morgan fingerprint density at radius 2 is 1.88 bits per heavy atom. The first kappa shape index (κ1) is 28.3. The van der Waals surface area contributed by atoms with Crippen LogP contribution in [0.25, 0.3) is 0 Å². The number of aliphatic hydroxyl groups excluding tert-OH is 2. The molecule has 0 aliphatic heterocycles. The number of rotatable bonds is 6. The highest BCUT2D eigenvalue weighted by atomic mass is 19.1. The van der Waals surface area contributed by atoms with E-state index in [1.54, 1.807) is 19.0 Å². The number of aromatic hydroxyl groups is 1. The molecule has 0 spiro atoms. The van der Waals surface area contributed by atoms with Gasteiger partial charge in [-0.25, -0.2) is 4.39 Å². The molecule has 1 unspecified atom stereocenters. The zero-order valence-corrected chi connectivity index (χ0v) is 23.2. The maximum atomic E-state index is 16.1. The Kier molecular flexibility index (Phi) is 7.09. The van der Waals surface area contributed by atoms with Crippen molar-refractivity contribution in [1.29, 1.82) is 0 Å². The van der Waals surface area contributed by atoms with Crippen LogP contribution in [-0.2, 0) is 17.8 Å². The van der Waals surface area contributed by atoms with Crippen LogP contribution in [0.2, 0.25) is 0 Å². The number of fused-ring (bicyclic) bond motifs is 3. The lowest BCUT2D eigenvalue weighted by molar-refractivity contribution is -0.115. The second kappa shape index (κ2) is 10.0. The average molecular weight is 556 g/mol. The molecule has 9 nitrogen and oxygen atoms in total. The van der Waals surface area contributed by atoms with E-state index >= 15 is 4.39 Å². The van der Waals surface area contributed by atoms with Gasteiger partial charge in [0, 0.05) is 40.8 Å². The Labute approximate surface area is 233 Å². The summed E-state index contributed by atoms with van der Waals surface area (Å²) in [5, 5.41) is 45.4. The number of aliphatic hydroxyl groups is 3. The first-order chi connectivity index (χ1) is 18.8. The van der Waals surface area contributed by atoms with Gasteiger partial charge in [-0.2, -0.15) is 0 Å². The molecule has 5 rings (SSSR count). The Morgan fingerprint density at radius 3 is 2.45 bits per heavy atom. The standard InChI is InChI=1S/C30H38FN3O6/c1-5-34(17-8-6-7-9-17)13-16-12-20(35)23-18(24(16)31)10-15-11-19-25(33(3)4)27(37)21(29(32)39)14(2)30(19,40)28(38)22(15)26(23)36/h12,15,17,19,25,35,37-38,40H,2,5-11,13H2,1,3-4H3,(H2,32,39)/t15-,19?,25-,30-/m0/s1. The molecule has 0 aromatic heterocycles. The van der Waals surface area contributed by atoms with E-state index in [0.717, 1.165) is 32.2 Å². The van der Waals surface area contributed by atoms with Crippen LogP contribution < -0.4 is 5.73 Å². The summed E-state index contributed by atoms with van der Waals surface area (Å²) >= 11 is 0. The zero-order valence-electron chi connectivity index (χ0n) is 23.2. The van der Waals surface area contributed by atoms with Gasteiger partial charge in [0.2, 0.25) is 0 Å². The number of carbonyl (C=O) groups excluding carboxylic acids is 2. The second-order valence-electron chi connectivity index (χ2n) is 11.8. The molecule has 10 heteroatoms. The average Bonchev–Trinajstić information content (AvgIpc) is 3.41. The van der Waals surface area contributed by atoms with Crippen LogP contribution in [0.4, 0.5) is 4.39 Å². The smallest absolute Gasteiger partial charge is 0.252 e. The lowest BCUT2D eigenvalue weighted by Crippen LogP contribution is -2.60. The maximum Gasteiger partial charge on any atom is 0.252 e. The van der Waals surface area contributed by atoms with Crippen molar-refractivity contribution >= 4 is 11.7 Å². The van der Waals surface area contributed by atoms with E-state index in [-0.39, 0.29) is 46.6 Å². The van der Waals surface area contributed by atoms with Crippen molar-refractivity contribution < 1.29 is 34.4 Å². The molecule has 40 heavy (non-hydrogen) atoms. The van der Waals surface area contributed by atoms with E-state index in [2.05, 4.69) is 11.5 Å². The summed E-state index contributed by atoms with van der Waals surface area (Å²) in [4.78, 5) is 29.8. The summed E-state index contributed by atoms with van der Waals surface area (Å²) in [7, 11) is 3.28. The molecule has 0 bridgehead atoms. The van der Waals surface area contributed by atoms with Crippen LogP contribution in [0.15, 0.2) is 40.9 Å². The second-order valence-corrected chi connectivity index (χ2v) is 11.8. The molecule has 4 aliphatic rings. The number of Topliss-reactive ketones (excluding diaryl/α,β-unsaturated/α-hetero) is 1. The van der Waals surface area contributed by atoms with Crippen LogP contribution in [0.1, 0.15) is 60.5 Å². The topological polar surface area (TPSA) is 148 Å². The number of halogens is 1. The molecular formula is C30H38FN3O6. The number of hydrogen-bond donors (Lipinski definition) is 5. The van der Waals surface area contributed by atoms with Crippen molar-refractivity contribution in [2.45, 2.75) is 69.7 Å². The fourth-order valence-electron chi connectivity index (χ4n) is 7.62. The first-order valence-corrected chi connectivity index (χ1v) is 13.9. The highest BCUT2D eigenvalue weighted by Gasteiger charge is 2.60. The maximum absolute atomic E-state index is 16.1. The predicted molar refractivity (Wildman–Crippen MR) is 146 cm³/mol. The molecule has 0 saturated heterocycles.